The summed E-state index contributed by atoms with van der Waals surface area (Å²) in [5.41, 5.74) is 0.461. The van der Waals surface area contributed by atoms with E-state index >= 15 is 0 Å². The van der Waals surface area contributed by atoms with E-state index in [2.05, 4.69) is 39.2 Å². The first-order valence-electron chi connectivity index (χ1n) is 9.13. The zero-order chi connectivity index (χ0) is 19.4. The van der Waals surface area contributed by atoms with Gasteiger partial charge in [-0.05, 0) is 37.4 Å². The largest absolute Gasteiger partial charge is 0.495 e. The maximum absolute atomic E-state index is 14.7. The summed E-state index contributed by atoms with van der Waals surface area (Å²) in [5.74, 6) is -0.457. The molecule has 1 fully saturated rings. The molecule has 0 atom stereocenters. The van der Waals surface area contributed by atoms with Crippen LogP contribution in [-0.2, 0) is 4.79 Å². The second-order valence-electron chi connectivity index (χ2n) is 7.75. The van der Waals surface area contributed by atoms with Crippen LogP contribution in [0.4, 0.5) is 10.2 Å². The monoisotopic (exact) mass is 375 g/mol. The minimum Gasteiger partial charge on any atom is -0.495 e. The molecule has 8 heteroatoms. The molecule has 0 spiro atoms. The van der Waals surface area contributed by atoms with E-state index in [4.69, 9.17) is 4.74 Å². The number of hydrogen-bond acceptors (Lipinski definition) is 5. The number of hydrogen-bond donors (Lipinski definition) is 2. The van der Waals surface area contributed by atoms with Crippen LogP contribution in [-0.4, -0.2) is 52.7 Å². The number of likely N-dealkylation sites (tertiary alicyclic amines) is 1. The van der Waals surface area contributed by atoms with Gasteiger partial charge in [0.05, 0.1) is 13.3 Å². The van der Waals surface area contributed by atoms with Crippen molar-refractivity contribution in [2.24, 2.45) is 5.41 Å². The van der Waals surface area contributed by atoms with E-state index in [0.29, 0.717) is 17.7 Å². The summed E-state index contributed by atoms with van der Waals surface area (Å²) in [7, 11) is 1.51. The van der Waals surface area contributed by atoms with Crippen LogP contribution in [0.15, 0.2) is 18.5 Å². The predicted molar refractivity (Wildman–Crippen MR) is 101 cm³/mol. The fourth-order valence-electron chi connectivity index (χ4n) is 3.48. The molecule has 2 aromatic rings. The van der Waals surface area contributed by atoms with Gasteiger partial charge in [-0.25, -0.2) is 4.39 Å². The highest BCUT2D eigenvalue weighted by Crippen LogP contribution is 2.28. The van der Waals surface area contributed by atoms with Crippen molar-refractivity contribution >= 4 is 11.7 Å². The Labute approximate surface area is 158 Å². The van der Waals surface area contributed by atoms with Crippen LogP contribution in [0.25, 0.3) is 11.3 Å². The van der Waals surface area contributed by atoms with Gasteiger partial charge in [0.25, 0.3) is 0 Å². The number of anilines is 1. The second-order valence-corrected chi connectivity index (χ2v) is 7.75. The van der Waals surface area contributed by atoms with Gasteiger partial charge in [-0.3, -0.25) is 14.9 Å². The number of ether oxygens (including phenoxy) is 1. The van der Waals surface area contributed by atoms with Gasteiger partial charge in [0, 0.05) is 24.7 Å². The van der Waals surface area contributed by atoms with Gasteiger partial charge >= 0.3 is 0 Å². The average molecular weight is 375 g/mol. The Morgan fingerprint density at radius 1 is 1.37 bits per heavy atom. The van der Waals surface area contributed by atoms with Gasteiger partial charge in [0.2, 0.25) is 5.91 Å². The van der Waals surface area contributed by atoms with Gasteiger partial charge in [0.15, 0.2) is 11.6 Å². The Hall–Kier alpha value is -2.48. The number of carbonyl (C=O) groups is 1. The summed E-state index contributed by atoms with van der Waals surface area (Å²) in [6.07, 6.45) is 5.75. The highest BCUT2D eigenvalue weighted by atomic mass is 19.1. The number of methoxy groups -OCH3 is 1. The number of aromatic nitrogens is 3. The topological polar surface area (TPSA) is 83.1 Å². The fourth-order valence-corrected chi connectivity index (χ4v) is 3.48. The number of amides is 1. The van der Waals surface area contributed by atoms with Crippen LogP contribution in [0.5, 0.6) is 5.75 Å². The molecule has 0 aliphatic carbocycles. The molecule has 3 heterocycles. The van der Waals surface area contributed by atoms with Gasteiger partial charge in [-0.1, -0.05) is 13.8 Å². The second kappa shape index (κ2) is 8.04. The van der Waals surface area contributed by atoms with Crippen LogP contribution in [0.2, 0.25) is 0 Å². The Morgan fingerprint density at radius 3 is 2.81 bits per heavy atom. The zero-order valence-corrected chi connectivity index (χ0v) is 16.0. The molecule has 1 saturated heterocycles. The van der Waals surface area contributed by atoms with E-state index in [1.54, 1.807) is 6.07 Å². The first kappa shape index (κ1) is 19.3. The number of carbonyl (C=O) groups excluding carboxylic acids is 1. The van der Waals surface area contributed by atoms with Crippen LogP contribution >= 0.6 is 0 Å². The molecular formula is C19H26FN5O2. The number of aromatic amines is 1. The van der Waals surface area contributed by atoms with E-state index < -0.39 is 5.82 Å². The zero-order valence-electron chi connectivity index (χ0n) is 16.0. The molecule has 2 N–H and O–H groups in total. The highest BCUT2D eigenvalue weighted by molar-refractivity contribution is 5.91. The minimum atomic E-state index is -0.615. The van der Waals surface area contributed by atoms with Crippen molar-refractivity contribution in [3.05, 3.63) is 24.3 Å². The summed E-state index contributed by atoms with van der Waals surface area (Å²) >= 11 is 0. The number of nitrogens with one attached hydrogen (secondary N) is 2. The molecule has 0 saturated carbocycles. The molecule has 1 amide bonds. The van der Waals surface area contributed by atoms with Gasteiger partial charge in [-0.2, -0.15) is 5.10 Å². The highest BCUT2D eigenvalue weighted by Gasteiger charge is 2.27. The number of rotatable bonds is 7. The van der Waals surface area contributed by atoms with Gasteiger partial charge < -0.3 is 15.0 Å². The molecule has 0 bridgehead atoms. The molecule has 7 nitrogen and oxygen atoms in total. The normalized spacial score (nSPS) is 15.1. The molecular weight excluding hydrogens is 349 g/mol. The molecule has 2 aromatic heterocycles. The van der Waals surface area contributed by atoms with E-state index in [1.165, 1.54) is 32.3 Å². The van der Waals surface area contributed by atoms with Crippen molar-refractivity contribution in [2.45, 2.75) is 33.1 Å². The predicted octanol–water partition coefficient (Wildman–Crippen LogP) is 3.07. The lowest BCUT2D eigenvalue weighted by molar-refractivity contribution is -0.118. The van der Waals surface area contributed by atoms with Crippen molar-refractivity contribution in [1.82, 2.24) is 20.1 Å². The number of pyridine rings is 1. The number of nitrogens with zero attached hydrogens (tertiary/aromatic N) is 3. The molecule has 3 rings (SSSR count). The van der Waals surface area contributed by atoms with E-state index in [1.807, 2.05) is 0 Å². The van der Waals surface area contributed by atoms with Gasteiger partial charge in [-0.15, -0.1) is 0 Å². The molecule has 146 valence electrons. The Kier molecular flexibility index (Phi) is 5.74. The maximum Gasteiger partial charge on any atom is 0.226 e. The SMILES string of the molecule is COc1cncc(-c2[nH]nc(NC(=O)CC(C)(C)CN3CCCC3)c2F)c1. The summed E-state index contributed by atoms with van der Waals surface area (Å²) < 4.78 is 19.8. The van der Waals surface area contributed by atoms with E-state index in [-0.39, 0.29) is 22.8 Å². The van der Waals surface area contributed by atoms with Crippen LogP contribution < -0.4 is 10.1 Å². The van der Waals surface area contributed by atoms with E-state index in [9.17, 15) is 9.18 Å². The quantitative estimate of drug-likeness (QED) is 0.777. The smallest absolute Gasteiger partial charge is 0.226 e. The number of H-pyrrole nitrogens is 1. The fraction of sp³-hybridized carbons (Fsp3) is 0.526. The summed E-state index contributed by atoms with van der Waals surface area (Å²) in [6, 6.07) is 1.65. The van der Waals surface area contributed by atoms with Crippen molar-refractivity contribution in [3.8, 4) is 17.0 Å². The molecule has 27 heavy (non-hydrogen) atoms. The Morgan fingerprint density at radius 2 is 2.11 bits per heavy atom. The van der Waals surface area contributed by atoms with Crippen LogP contribution in [0.3, 0.4) is 0 Å². The number of halogens is 1. The summed E-state index contributed by atoms with van der Waals surface area (Å²) in [5, 5.41) is 9.12. The lowest BCUT2D eigenvalue weighted by Crippen LogP contribution is -2.35. The Balaban J connectivity index is 1.65. The third-order valence-corrected chi connectivity index (χ3v) is 4.69. The van der Waals surface area contributed by atoms with E-state index in [0.717, 1.165) is 19.6 Å². The molecule has 1 aliphatic heterocycles. The maximum atomic E-state index is 14.7. The molecule has 0 unspecified atom stereocenters. The average Bonchev–Trinajstić information content (AvgIpc) is 3.24. The van der Waals surface area contributed by atoms with Crippen molar-refractivity contribution in [2.75, 3.05) is 32.1 Å². The molecule has 0 radical (unpaired) electrons. The first-order chi connectivity index (χ1) is 12.9. The van der Waals surface area contributed by atoms with Crippen molar-refractivity contribution in [3.63, 3.8) is 0 Å². The lowest BCUT2D eigenvalue weighted by Gasteiger charge is -2.29. The Bertz CT molecular complexity index is 799. The van der Waals surface area contributed by atoms with Gasteiger partial charge in [0.1, 0.15) is 11.4 Å². The summed E-state index contributed by atoms with van der Waals surface area (Å²) in [4.78, 5) is 18.8. The standard InChI is InChI=1S/C19H26FN5O2/c1-19(2,12-25-6-4-5-7-25)9-15(26)22-18-16(20)17(23-24-18)13-8-14(27-3)11-21-10-13/h8,10-11H,4-7,9,12H2,1-3H3,(H2,22,23,24,26). The molecule has 0 aromatic carbocycles. The third-order valence-electron chi connectivity index (χ3n) is 4.69. The van der Waals surface area contributed by atoms with Crippen LogP contribution in [0, 0.1) is 11.2 Å². The first-order valence-corrected chi connectivity index (χ1v) is 9.13. The third kappa shape index (κ3) is 4.82. The van der Waals surface area contributed by atoms with Crippen molar-refractivity contribution in [1.29, 1.82) is 0 Å². The minimum absolute atomic E-state index is 0.102. The summed E-state index contributed by atoms with van der Waals surface area (Å²) in [6.45, 7) is 7.12. The molecule has 1 aliphatic rings. The lowest BCUT2D eigenvalue weighted by atomic mass is 9.88. The van der Waals surface area contributed by atoms with Crippen molar-refractivity contribution < 1.29 is 13.9 Å². The van der Waals surface area contributed by atoms with Crippen LogP contribution in [0.1, 0.15) is 33.1 Å².